The second-order valence-corrected chi connectivity index (χ2v) is 5.86. The number of halogens is 1. The first-order chi connectivity index (χ1) is 10.8. The number of quaternary nitrogens is 1. The maximum Gasteiger partial charge on any atom is 0.225 e. The summed E-state index contributed by atoms with van der Waals surface area (Å²) >= 11 is 6.11. The van der Waals surface area contributed by atoms with E-state index in [-0.39, 0.29) is 0 Å². The molecule has 3 rings (SSSR count). The highest BCUT2D eigenvalue weighted by molar-refractivity contribution is 6.30. The number of methoxy groups -OCH3 is 1. The van der Waals surface area contributed by atoms with Gasteiger partial charge in [-0.05, 0) is 24.3 Å². The Morgan fingerprint density at radius 2 is 1.95 bits per heavy atom. The average Bonchev–Trinajstić information content (AvgIpc) is 2.57. The topological polar surface area (TPSA) is 42.7 Å². The van der Waals surface area contributed by atoms with Crippen molar-refractivity contribution >= 4 is 17.5 Å². The number of nitrogens with zero attached hydrogens (tertiary/aromatic N) is 3. The number of rotatable bonds is 4. The van der Waals surface area contributed by atoms with Crippen LogP contribution < -0.4 is 14.5 Å². The van der Waals surface area contributed by atoms with Crippen molar-refractivity contribution in [3.05, 3.63) is 47.2 Å². The van der Waals surface area contributed by atoms with Gasteiger partial charge in [-0.15, -0.1) is 0 Å². The first-order valence-corrected chi connectivity index (χ1v) is 7.82. The second kappa shape index (κ2) is 6.94. The summed E-state index contributed by atoms with van der Waals surface area (Å²) in [6.07, 6.45) is 3.58. The second-order valence-electron chi connectivity index (χ2n) is 5.42. The Morgan fingerprint density at radius 3 is 2.64 bits per heavy atom. The van der Waals surface area contributed by atoms with Crippen molar-refractivity contribution in [2.75, 3.05) is 38.2 Å². The SMILES string of the molecule is COc1ccc(Cl)cc1C[NH+]1CCN(c2ncccn2)CC1. The largest absolute Gasteiger partial charge is 0.496 e. The lowest BCUT2D eigenvalue weighted by molar-refractivity contribution is -0.914. The van der Waals surface area contributed by atoms with Crippen molar-refractivity contribution < 1.29 is 9.64 Å². The molecule has 1 N–H and O–H groups in total. The van der Waals surface area contributed by atoms with Gasteiger partial charge < -0.3 is 14.5 Å². The third-order valence-electron chi connectivity index (χ3n) is 3.99. The molecule has 2 heterocycles. The van der Waals surface area contributed by atoms with Crippen LogP contribution in [0.15, 0.2) is 36.7 Å². The standard InChI is InChI=1S/C16H19ClN4O/c1-22-15-4-3-14(17)11-13(15)12-20-7-9-21(10-8-20)16-18-5-2-6-19-16/h2-6,11H,7-10,12H2,1H3/p+1. The van der Waals surface area contributed by atoms with Crippen LogP contribution in [-0.2, 0) is 6.54 Å². The van der Waals surface area contributed by atoms with Gasteiger partial charge in [-0.1, -0.05) is 11.6 Å². The number of benzene rings is 1. The van der Waals surface area contributed by atoms with E-state index in [0.29, 0.717) is 0 Å². The fourth-order valence-corrected chi connectivity index (χ4v) is 3.00. The lowest BCUT2D eigenvalue weighted by atomic mass is 10.1. The van der Waals surface area contributed by atoms with E-state index in [4.69, 9.17) is 16.3 Å². The molecule has 0 saturated carbocycles. The molecule has 0 unspecified atom stereocenters. The summed E-state index contributed by atoms with van der Waals surface area (Å²) in [4.78, 5) is 12.4. The van der Waals surface area contributed by atoms with Gasteiger partial charge in [-0.25, -0.2) is 9.97 Å². The van der Waals surface area contributed by atoms with Crippen molar-refractivity contribution in [1.82, 2.24) is 9.97 Å². The minimum absolute atomic E-state index is 0.756. The van der Waals surface area contributed by atoms with Crippen LogP contribution >= 0.6 is 11.6 Å². The third kappa shape index (κ3) is 3.48. The van der Waals surface area contributed by atoms with E-state index in [1.807, 2.05) is 24.3 Å². The summed E-state index contributed by atoms with van der Waals surface area (Å²) in [7, 11) is 1.70. The summed E-state index contributed by atoms with van der Waals surface area (Å²) in [6, 6.07) is 7.64. The van der Waals surface area contributed by atoms with Gasteiger partial charge in [0.15, 0.2) is 0 Å². The van der Waals surface area contributed by atoms with E-state index in [0.717, 1.165) is 55.0 Å². The molecule has 116 valence electrons. The summed E-state index contributed by atoms with van der Waals surface area (Å²) in [6.45, 7) is 4.94. The molecule has 1 aliphatic heterocycles. The molecule has 22 heavy (non-hydrogen) atoms. The van der Waals surface area contributed by atoms with Gasteiger partial charge in [-0.3, -0.25) is 0 Å². The number of hydrogen-bond donors (Lipinski definition) is 1. The molecule has 0 atom stereocenters. The minimum Gasteiger partial charge on any atom is -0.496 e. The Hall–Kier alpha value is -1.85. The monoisotopic (exact) mass is 319 g/mol. The molecule has 1 fully saturated rings. The predicted octanol–water partition coefficient (Wildman–Crippen LogP) is 1.04. The number of hydrogen-bond acceptors (Lipinski definition) is 4. The summed E-state index contributed by atoms with van der Waals surface area (Å²) in [5.41, 5.74) is 1.16. The fourth-order valence-electron chi connectivity index (χ4n) is 2.81. The molecular formula is C16H20ClN4O+. The van der Waals surface area contributed by atoms with Crippen LogP contribution in [0.2, 0.25) is 5.02 Å². The number of ether oxygens (including phenoxy) is 1. The molecule has 2 aromatic rings. The van der Waals surface area contributed by atoms with Crippen molar-refractivity contribution in [1.29, 1.82) is 0 Å². The van der Waals surface area contributed by atoms with E-state index >= 15 is 0 Å². The fraction of sp³-hybridized carbons (Fsp3) is 0.375. The number of anilines is 1. The van der Waals surface area contributed by atoms with Crippen molar-refractivity contribution in [2.45, 2.75) is 6.54 Å². The minimum atomic E-state index is 0.756. The van der Waals surface area contributed by atoms with Gasteiger partial charge in [0, 0.05) is 23.0 Å². The number of nitrogens with one attached hydrogen (secondary N) is 1. The zero-order valence-electron chi connectivity index (χ0n) is 12.6. The predicted molar refractivity (Wildman–Crippen MR) is 86.6 cm³/mol. The van der Waals surface area contributed by atoms with Gasteiger partial charge in [0.1, 0.15) is 12.3 Å². The molecule has 0 aliphatic carbocycles. The van der Waals surface area contributed by atoms with E-state index in [9.17, 15) is 0 Å². The highest BCUT2D eigenvalue weighted by atomic mass is 35.5. The average molecular weight is 320 g/mol. The molecule has 1 aromatic carbocycles. The summed E-state index contributed by atoms with van der Waals surface area (Å²) in [5, 5.41) is 0.756. The first-order valence-electron chi connectivity index (χ1n) is 7.44. The van der Waals surface area contributed by atoms with Crippen LogP contribution in [0.5, 0.6) is 5.75 Å². The van der Waals surface area contributed by atoms with Gasteiger partial charge >= 0.3 is 0 Å². The van der Waals surface area contributed by atoms with E-state index < -0.39 is 0 Å². The van der Waals surface area contributed by atoms with Crippen molar-refractivity contribution in [3.8, 4) is 5.75 Å². The molecule has 1 aromatic heterocycles. The molecule has 0 amide bonds. The maximum atomic E-state index is 6.11. The quantitative estimate of drug-likeness (QED) is 0.914. The molecule has 0 bridgehead atoms. The third-order valence-corrected chi connectivity index (χ3v) is 4.22. The Bertz CT molecular complexity index is 615. The maximum absolute atomic E-state index is 6.11. The van der Waals surface area contributed by atoms with Gasteiger partial charge in [0.25, 0.3) is 0 Å². The Kier molecular flexibility index (Phi) is 4.75. The molecule has 1 saturated heterocycles. The van der Waals surface area contributed by atoms with Crippen LogP contribution in [0.1, 0.15) is 5.56 Å². The highest BCUT2D eigenvalue weighted by Crippen LogP contribution is 2.21. The Morgan fingerprint density at radius 1 is 1.23 bits per heavy atom. The van der Waals surface area contributed by atoms with Crippen LogP contribution in [0, 0.1) is 0 Å². The van der Waals surface area contributed by atoms with Crippen molar-refractivity contribution in [3.63, 3.8) is 0 Å². The van der Waals surface area contributed by atoms with E-state index in [1.54, 1.807) is 19.5 Å². The zero-order chi connectivity index (χ0) is 15.4. The number of piperazine rings is 1. The van der Waals surface area contributed by atoms with Gasteiger partial charge in [-0.2, -0.15) is 0 Å². The lowest BCUT2D eigenvalue weighted by Gasteiger charge is -2.32. The Labute approximate surface area is 135 Å². The summed E-state index contributed by atoms with van der Waals surface area (Å²) < 4.78 is 5.43. The normalized spacial score (nSPS) is 15.8. The smallest absolute Gasteiger partial charge is 0.225 e. The van der Waals surface area contributed by atoms with Crippen LogP contribution in [0.3, 0.4) is 0 Å². The van der Waals surface area contributed by atoms with Crippen LogP contribution in [-0.4, -0.2) is 43.3 Å². The van der Waals surface area contributed by atoms with Crippen LogP contribution in [0.25, 0.3) is 0 Å². The molecule has 1 aliphatic rings. The summed E-state index contributed by atoms with van der Waals surface area (Å²) in [5.74, 6) is 1.73. The molecule has 0 spiro atoms. The molecular weight excluding hydrogens is 300 g/mol. The molecule has 0 radical (unpaired) electrons. The lowest BCUT2D eigenvalue weighted by Crippen LogP contribution is -3.13. The molecule has 6 heteroatoms. The first kappa shape index (κ1) is 15.1. The van der Waals surface area contributed by atoms with E-state index in [1.165, 1.54) is 4.90 Å². The van der Waals surface area contributed by atoms with Gasteiger partial charge in [0.05, 0.1) is 33.3 Å². The molecule has 5 nitrogen and oxygen atoms in total. The van der Waals surface area contributed by atoms with Gasteiger partial charge in [0.2, 0.25) is 5.95 Å². The zero-order valence-corrected chi connectivity index (χ0v) is 13.4. The van der Waals surface area contributed by atoms with Crippen LogP contribution in [0.4, 0.5) is 5.95 Å². The highest BCUT2D eigenvalue weighted by Gasteiger charge is 2.22. The Balaban J connectivity index is 1.62. The van der Waals surface area contributed by atoms with Crippen molar-refractivity contribution in [2.24, 2.45) is 0 Å². The number of aromatic nitrogens is 2. The van der Waals surface area contributed by atoms with E-state index in [2.05, 4.69) is 14.9 Å².